The number of carbonyl (C=O) groups excluding carboxylic acids is 1. The summed E-state index contributed by atoms with van der Waals surface area (Å²) in [4.78, 5) is 19.8. The number of oxazole rings is 1. The van der Waals surface area contributed by atoms with Gasteiger partial charge in [0, 0.05) is 13.5 Å². The minimum atomic E-state index is -0.572. The molecule has 2 unspecified atom stereocenters. The van der Waals surface area contributed by atoms with E-state index in [1.165, 1.54) is 31.2 Å². The van der Waals surface area contributed by atoms with Crippen molar-refractivity contribution in [2.24, 2.45) is 0 Å². The molecule has 3 aromatic carbocycles. The molecule has 6 nitrogen and oxygen atoms in total. The summed E-state index contributed by atoms with van der Waals surface area (Å²) < 4.78 is 46.7. The molecule has 0 N–H and O–H groups in total. The average molecular weight is 565 g/mol. The Morgan fingerprint density at radius 1 is 0.951 bits per heavy atom. The van der Waals surface area contributed by atoms with Crippen molar-refractivity contribution in [3.63, 3.8) is 0 Å². The SMILES string of the molecule is CCN(CC)CCOc1c(C(C)=O)c(C)c2nc(C)oc2c1OC(CC(C)c1ccc(F)cc1)c1ccc(F)cc1. The number of likely N-dealkylation sites (N-methyl/N-ethyl adjacent to an activating group) is 1. The summed E-state index contributed by atoms with van der Waals surface area (Å²) in [5, 5.41) is 0. The first-order chi connectivity index (χ1) is 19.6. The summed E-state index contributed by atoms with van der Waals surface area (Å²) in [6.45, 7) is 14.0. The smallest absolute Gasteiger partial charge is 0.208 e. The molecule has 2 atom stereocenters. The molecule has 1 heterocycles. The Labute approximate surface area is 240 Å². The van der Waals surface area contributed by atoms with Crippen LogP contribution in [0.3, 0.4) is 0 Å². The number of carbonyl (C=O) groups is 1. The van der Waals surface area contributed by atoms with Gasteiger partial charge in [0.1, 0.15) is 29.9 Å². The monoisotopic (exact) mass is 564 g/mol. The van der Waals surface area contributed by atoms with E-state index < -0.39 is 6.10 Å². The molecule has 0 aliphatic rings. The van der Waals surface area contributed by atoms with Crippen LogP contribution in [-0.2, 0) is 0 Å². The summed E-state index contributed by atoms with van der Waals surface area (Å²) in [7, 11) is 0. The van der Waals surface area contributed by atoms with Gasteiger partial charge in [-0.3, -0.25) is 4.79 Å². The largest absolute Gasteiger partial charge is 0.487 e. The van der Waals surface area contributed by atoms with Gasteiger partial charge >= 0.3 is 0 Å². The fourth-order valence-electron chi connectivity index (χ4n) is 5.15. The van der Waals surface area contributed by atoms with Gasteiger partial charge in [-0.05, 0) is 80.2 Å². The van der Waals surface area contributed by atoms with E-state index in [9.17, 15) is 13.6 Å². The Hall–Kier alpha value is -3.78. The maximum atomic E-state index is 13.9. The van der Waals surface area contributed by atoms with Gasteiger partial charge in [-0.1, -0.05) is 45.0 Å². The standard InChI is InChI=1S/C33H38F2N2O4/c1-7-37(8-2)17-18-39-31-29(22(5)38)21(4)30-32(40-23(6)36-30)33(31)41-28(25-11-15-27(35)16-12-25)19-20(3)24-9-13-26(34)14-10-24/h9-16,20,28H,7-8,17-19H2,1-6H3. The van der Waals surface area contributed by atoms with E-state index in [2.05, 4.69) is 23.7 Å². The number of rotatable bonds is 13. The molecule has 4 rings (SSSR count). The van der Waals surface area contributed by atoms with E-state index >= 15 is 0 Å². The van der Waals surface area contributed by atoms with Crippen LogP contribution in [0.5, 0.6) is 11.5 Å². The number of hydrogen-bond donors (Lipinski definition) is 0. The van der Waals surface area contributed by atoms with Crippen LogP contribution < -0.4 is 9.47 Å². The van der Waals surface area contributed by atoms with Crippen LogP contribution in [0.4, 0.5) is 8.78 Å². The molecule has 1 aromatic heterocycles. The van der Waals surface area contributed by atoms with E-state index in [4.69, 9.17) is 13.9 Å². The lowest BCUT2D eigenvalue weighted by Crippen LogP contribution is -2.28. The Morgan fingerprint density at radius 3 is 2.10 bits per heavy atom. The number of halogens is 2. The number of ether oxygens (including phenoxy) is 2. The normalized spacial score (nSPS) is 13.0. The number of fused-ring (bicyclic) bond motifs is 1. The third kappa shape index (κ3) is 6.93. The second-order valence-corrected chi connectivity index (χ2v) is 10.3. The van der Waals surface area contributed by atoms with Gasteiger partial charge in [-0.25, -0.2) is 13.8 Å². The molecule has 8 heteroatoms. The maximum absolute atomic E-state index is 13.9. The van der Waals surface area contributed by atoms with Crippen LogP contribution in [0.2, 0.25) is 0 Å². The topological polar surface area (TPSA) is 64.8 Å². The summed E-state index contributed by atoms with van der Waals surface area (Å²) in [5.41, 5.74) is 3.65. The third-order valence-electron chi connectivity index (χ3n) is 7.51. The molecule has 4 aromatic rings. The first kappa shape index (κ1) is 30.2. The van der Waals surface area contributed by atoms with Crippen molar-refractivity contribution >= 4 is 16.9 Å². The lowest BCUT2D eigenvalue weighted by molar-refractivity contribution is 0.100. The van der Waals surface area contributed by atoms with Crippen molar-refractivity contribution in [3.05, 3.63) is 88.3 Å². The van der Waals surface area contributed by atoms with Gasteiger partial charge in [0.15, 0.2) is 17.4 Å². The molecular weight excluding hydrogens is 526 g/mol. The molecule has 0 bridgehead atoms. The maximum Gasteiger partial charge on any atom is 0.208 e. The third-order valence-corrected chi connectivity index (χ3v) is 7.51. The molecule has 0 saturated heterocycles. The predicted molar refractivity (Wildman–Crippen MR) is 156 cm³/mol. The number of Topliss-reactive ketones (excluding diaryl/α,β-unsaturated/α-hetero) is 1. The lowest BCUT2D eigenvalue weighted by Gasteiger charge is -2.26. The molecule has 0 aliphatic carbocycles. The van der Waals surface area contributed by atoms with Gasteiger partial charge in [-0.15, -0.1) is 0 Å². The van der Waals surface area contributed by atoms with E-state index in [-0.39, 0.29) is 29.1 Å². The van der Waals surface area contributed by atoms with Crippen molar-refractivity contribution in [2.75, 3.05) is 26.2 Å². The van der Waals surface area contributed by atoms with Gasteiger partial charge in [0.05, 0.1) is 5.56 Å². The highest BCUT2D eigenvalue weighted by atomic mass is 19.1. The van der Waals surface area contributed by atoms with Crippen LogP contribution in [0.1, 0.15) is 79.1 Å². The highest BCUT2D eigenvalue weighted by Gasteiger charge is 2.29. The molecule has 0 spiro atoms. The van der Waals surface area contributed by atoms with Crippen LogP contribution in [0.25, 0.3) is 11.1 Å². The van der Waals surface area contributed by atoms with E-state index in [0.717, 1.165) is 24.2 Å². The number of aromatic nitrogens is 1. The Kier molecular flexibility index (Phi) is 9.76. The molecular formula is C33H38F2N2O4. The molecule has 0 saturated carbocycles. The molecule has 0 aliphatic heterocycles. The van der Waals surface area contributed by atoms with Crippen molar-refractivity contribution in [1.29, 1.82) is 0 Å². The molecule has 0 fully saturated rings. The Morgan fingerprint density at radius 2 is 1.54 bits per heavy atom. The molecule has 41 heavy (non-hydrogen) atoms. The summed E-state index contributed by atoms with van der Waals surface area (Å²) in [5.74, 6) is 0.151. The zero-order valence-corrected chi connectivity index (χ0v) is 24.6. The fourth-order valence-corrected chi connectivity index (χ4v) is 5.15. The molecule has 0 amide bonds. The van der Waals surface area contributed by atoms with E-state index in [1.807, 2.05) is 13.8 Å². The van der Waals surface area contributed by atoms with E-state index in [0.29, 0.717) is 53.4 Å². The predicted octanol–water partition coefficient (Wildman–Crippen LogP) is 7.96. The van der Waals surface area contributed by atoms with Crippen LogP contribution in [0, 0.1) is 25.5 Å². The second-order valence-electron chi connectivity index (χ2n) is 10.3. The van der Waals surface area contributed by atoms with Crippen molar-refractivity contribution in [3.8, 4) is 11.5 Å². The first-order valence-electron chi connectivity index (χ1n) is 14.1. The van der Waals surface area contributed by atoms with Gasteiger partial charge in [0.25, 0.3) is 0 Å². The van der Waals surface area contributed by atoms with Gasteiger partial charge < -0.3 is 18.8 Å². The van der Waals surface area contributed by atoms with E-state index in [1.54, 1.807) is 31.2 Å². The Balaban J connectivity index is 1.82. The zero-order valence-electron chi connectivity index (χ0n) is 24.6. The second kappa shape index (κ2) is 13.3. The number of hydrogen-bond acceptors (Lipinski definition) is 6. The minimum absolute atomic E-state index is 0.0395. The fraction of sp³-hybridized carbons (Fsp3) is 0.394. The number of ketones is 1. The average Bonchev–Trinajstić information content (AvgIpc) is 3.34. The number of nitrogens with zero attached hydrogens (tertiary/aromatic N) is 2. The zero-order chi connectivity index (χ0) is 29.7. The van der Waals surface area contributed by atoms with Gasteiger partial charge in [0.2, 0.25) is 11.3 Å². The Bertz CT molecular complexity index is 1480. The van der Waals surface area contributed by atoms with Crippen molar-refractivity contribution in [2.45, 2.75) is 60.0 Å². The quantitative estimate of drug-likeness (QED) is 0.154. The summed E-state index contributed by atoms with van der Waals surface area (Å²) >= 11 is 0. The highest BCUT2D eigenvalue weighted by Crippen LogP contribution is 2.45. The summed E-state index contributed by atoms with van der Waals surface area (Å²) in [6, 6.07) is 12.5. The number of benzene rings is 3. The molecule has 218 valence electrons. The minimum Gasteiger partial charge on any atom is -0.487 e. The van der Waals surface area contributed by atoms with Crippen molar-refractivity contribution in [1.82, 2.24) is 9.88 Å². The molecule has 0 radical (unpaired) electrons. The highest BCUT2D eigenvalue weighted by molar-refractivity contribution is 6.05. The summed E-state index contributed by atoms with van der Waals surface area (Å²) in [6.07, 6.45) is -0.0921. The first-order valence-corrected chi connectivity index (χ1v) is 14.1. The number of aryl methyl sites for hydroxylation is 2. The van der Waals surface area contributed by atoms with Crippen LogP contribution in [-0.4, -0.2) is 41.9 Å². The van der Waals surface area contributed by atoms with Gasteiger partial charge in [-0.2, -0.15) is 0 Å². The van der Waals surface area contributed by atoms with Crippen LogP contribution >= 0.6 is 0 Å². The van der Waals surface area contributed by atoms with Crippen LogP contribution in [0.15, 0.2) is 52.9 Å². The lowest BCUT2D eigenvalue weighted by atomic mass is 9.92. The van der Waals surface area contributed by atoms with Crippen molar-refractivity contribution < 1.29 is 27.5 Å².